The molecule has 0 aliphatic carbocycles. The highest BCUT2D eigenvalue weighted by molar-refractivity contribution is 14.0. The Morgan fingerprint density at radius 2 is 1.96 bits per heavy atom. The first-order valence-electron chi connectivity index (χ1n) is 9.53. The van der Waals surface area contributed by atoms with Crippen molar-refractivity contribution in [2.75, 3.05) is 33.2 Å². The Morgan fingerprint density at radius 1 is 1.23 bits per heavy atom. The van der Waals surface area contributed by atoms with E-state index >= 15 is 0 Å². The van der Waals surface area contributed by atoms with Crippen molar-refractivity contribution < 1.29 is 4.39 Å². The van der Waals surface area contributed by atoms with Crippen LogP contribution < -0.4 is 10.6 Å². The van der Waals surface area contributed by atoms with Gasteiger partial charge in [0.25, 0.3) is 0 Å². The van der Waals surface area contributed by atoms with Gasteiger partial charge in [-0.1, -0.05) is 26.0 Å². The fourth-order valence-corrected chi connectivity index (χ4v) is 2.85. The fraction of sp³-hybridized carbons (Fsp3) is 0.650. The van der Waals surface area contributed by atoms with Crippen LogP contribution in [0.15, 0.2) is 29.3 Å². The van der Waals surface area contributed by atoms with E-state index in [4.69, 9.17) is 0 Å². The molecular formula is C20H36FIN4. The summed E-state index contributed by atoms with van der Waals surface area (Å²) in [5.74, 6) is 0.677. The van der Waals surface area contributed by atoms with Crippen LogP contribution in [0.5, 0.6) is 0 Å². The summed E-state index contributed by atoms with van der Waals surface area (Å²) in [5.41, 5.74) is 1.04. The summed E-state index contributed by atoms with van der Waals surface area (Å²) in [6.07, 6.45) is 4.12. The topological polar surface area (TPSA) is 39.7 Å². The molecule has 26 heavy (non-hydrogen) atoms. The Bertz CT molecular complexity index is 506. The zero-order chi connectivity index (χ0) is 18.5. The van der Waals surface area contributed by atoms with Gasteiger partial charge in [-0.25, -0.2) is 4.39 Å². The maximum atomic E-state index is 13.2. The molecule has 0 saturated carbocycles. The molecular weight excluding hydrogens is 442 g/mol. The van der Waals surface area contributed by atoms with Gasteiger partial charge >= 0.3 is 0 Å². The minimum atomic E-state index is -0.165. The van der Waals surface area contributed by atoms with Crippen molar-refractivity contribution in [2.45, 2.75) is 52.5 Å². The van der Waals surface area contributed by atoms with Gasteiger partial charge in [0.1, 0.15) is 5.82 Å². The van der Waals surface area contributed by atoms with Crippen LogP contribution in [0.1, 0.15) is 45.6 Å². The van der Waals surface area contributed by atoms with E-state index in [0.29, 0.717) is 6.04 Å². The summed E-state index contributed by atoms with van der Waals surface area (Å²) in [5, 5.41) is 6.79. The lowest BCUT2D eigenvalue weighted by molar-refractivity contribution is 0.292. The van der Waals surface area contributed by atoms with E-state index in [1.807, 2.05) is 6.07 Å². The van der Waals surface area contributed by atoms with Crippen LogP contribution in [0.25, 0.3) is 0 Å². The van der Waals surface area contributed by atoms with Crippen LogP contribution in [0.2, 0.25) is 0 Å². The molecule has 6 heteroatoms. The average molecular weight is 478 g/mol. The maximum Gasteiger partial charge on any atom is 0.191 e. The number of hydrogen-bond acceptors (Lipinski definition) is 2. The quantitative estimate of drug-likeness (QED) is 0.218. The van der Waals surface area contributed by atoms with Crippen LogP contribution in [-0.4, -0.2) is 50.1 Å². The lowest BCUT2D eigenvalue weighted by Gasteiger charge is -2.21. The van der Waals surface area contributed by atoms with Gasteiger partial charge in [0, 0.05) is 19.6 Å². The van der Waals surface area contributed by atoms with E-state index in [9.17, 15) is 4.39 Å². The predicted octanol–water partition coefficient (Wildman–Crippen LogP) is 4.05. The molecule has 1 atom stereocenters. The molecule has 0 bridgehead atoms. The molecule has 1 aromatic rings. The van der Waals surface area contributed by atoms with Gasteiger partial charge in [0.05, 0.1) is 0 Å². The first kappa shape index (κ1) is 25.1. The number of benzene rings is 1. The number of aryl methyl sites for hydroxylation is 1. The van der Waals surface area contributed by atoms with Crippen molar-refractivity contribution in [1.82, 2.24) is 15.5 Å². The van der Waals surface area contributed by atoms with Gasteiger partial charge in [-0.3, -0.25) is 4.99 Å². The van der Waals surface area contributed by atoms with Gasteiger partial charge in [0.2, 0.25) is 0 Å². The molecule has 2 N–H and O–H groups in total. The van der Waals surface area contributed by atoms with Gasteiger partial charge in [-0.15, -0.1) is 24.0 Å². The molecule has 1 rings (SSSR count). The standard InChI is InChI=1S/C20H35FN4.HI/c1-5-25(6-2)15-9-10-17(3)24-20(22-4)23-14-8-12-18-11-7-13-19(21)16-18;/h7,11,13,16-17H,5-6,8-10,12,14-15H2,1-4H3,(H2,22,23,24);1H. The maximum absolute atomic E-state index is 13.2. The molecule has 0 saturated heterocycles. The second kappa shape index (κ2) is 15.2. The van der Waals surface area contributed by atoms with E-state index in [1.54, 1.807) is 19.2 Å². The lowest BCUT2D eigenvalue weighted by Crippen LogP contribution is -2.42. The molecule has 0 spiro atoms. The summed E-state index contributed by atoms with van der Waals surface area (Å²) in [4.78, 5) is 6.74. The third-order valence-corrected chi connectivity index (χ3v) is 4.44. The zero-order valence-corrected chi connectivity index (χ0v) is 19.1. The summed E-state index contributed by atoms with van der Waals surface area (Å²) in [6, 6.07) is 7.21. The Labute approximate surface area is 176 Å². The van der Waals surface area contributed by atoms with Gasteiger partial charge in [0.15, 0.2) is 5.96 Å². The Balaban J connectivity index is 0.00000625. The Hall–Kier alpha value is -0.890. The fourth-order valence-electron chi connectivity index (χ4n) is 2.85. The lowest BCUT2D eigenvalue weighted by atomic mass is 10.1. The third kappa shape index (κ3) is 11.0. The van der Waals surface area contributed by atoms with Crippen molar-refractivity contribution >= 4 is 29.9 Å². The van der Waals surface area contributed by atoms with Crippen LogP contribution in [-0.2, 0) is 6.42 Å². The number of aliphatic imine (C=N–C) groups is 1. The minimum Gasteiger partial charge on any atom is -0.356 e. The highest BCUT2D eigenvalue weighted by Gasteiger charge is 2.06. The summed E-state index contributed by atoms with van der Waals surface area (Å²) in [7, 11) is 1.80. The van der Waals surface area contributed by atoms with E-state index in [-0.39, 0.29) is 29.8 Å². The summed E-state index contributed by atoms with van der Waals surface area (Å²) < 4.78 is 13.2. The predicted molar refractivity (Wildman–Crippen MR) is 121 cm³/mol. The van der Waals surface area contributed by atoms with Crippen LogP contribution >= 0.6 is 24.0 Å². The van der Waals surface area contributed by atoms with E-state index < -0.39 is 0 Å². The second-order valence-electron chi connectivity index (χ2n) is 6.45. The number of halogens is 2. The first-order chi connectivity index (χ1) is 12.1. The Kier molecular flexibility index (Phi) is 14.7. The highest BCUT2D eigenvalue weighted by atomic mass is 127. The van der Waals surface area contributed by atoms with Crippen molar-refractivity contribution in [3.8, 4) is 0 Å². The van der Waals surface area contributed by atoms with Crippen molar-refractivity contribution in [1.29, 1.82) is 0 Å². The highest BCUT2D eigenvalue weighted by Crippen LogP contribution is 2.05. The monoisotopic (exact) mass is 478 g/mol. The molecule has 0 radical (unpaired) electrons. The van der Waals surface area contributed by atoms with Crippen LogP contribution in [0.3, 0.4) is 0 Å². The van der Waals surface area contributed by atoms with Crippen molar-refractivity contribution in [3.63, 3.8) is 0 Å². The van der Waals surface area contributed by atoms with Crippen LogP contribution in [0, 0.1) is 5.82 Å². The molecule has 0 fully saturated rings. The van der Waals surface area contributed by atoms with E-state index in [0.717, 1.165) is 57.0 Å². The van der Waals surface area contributed by atoms with E-state index in [2.05, 4.69) is 41.3 Å². The molecule has 150 valence electrons. The number of hydrogen-bond donors (Lipinski definition) is 2. The molecule has 1 aromatic carbocycles. The van der Waals surface area contributed by atoms with Gasteiger partial charge in [-0.05, 0) is 69.9 Å². The van der Waals surface area contributed by atoms with E-state index in [1.165, 1.54) is 12.5 Å². The smallest absolute Gasteiger partial charge is 0.191 e. The summed E-state index contributed by atoms with van der Waals surface area (Å²) in [6.45, 7) is 10.8. The molecule has 4 nitrogen and oxygen atoms in total. The Morgan fingerprint density at radius 3 is 2.58 bits per heavy atom. The van der Waals surface area contributed by atoms with Crippen LogP contribution in [0.4, 0.5) is 4.39 Å². The SMILES string of the molecule is CCN(CC)CCCC(C)NC(=NC)NCCCc1cccc(F)c1.I. The molecule has 1 unspecified atom stereocenters. The van der Waals surface area contributed by atoms with Gasteiger partial charge in [-0.2, -0.15) is 0 Å². The third-order valence-electron chi connectivity index (χ3n) is 4.44. The second-order valence-corrected chi connectivity index (χ2v) is 6.45. The molecule has 0 aliphatic rings. The normalized spacial score (nSPS) is 12.6. The van der Waals surface area contributed by atoms with Crippen molar-refractivity contribution in [2.24, 2.45) is 4.99 Å². The molecule has 0 aromatic heterocycles. The molecule has 0 heterocycles. The average Bonchev–Trinajstić information content (AvgIpc) is 2.61. The minimum absolute atomic E-state index is 0. The number of nitrogens with one attached hydrogen (secondary N) is 2. The largest absolute Gasteiger partial charge is 0.356 e. The number of nitrogens with zero attached hydrogens (tertiary/aromatic N) is 2. The number of guanidine groups is 1. The first-order valence-corrected chi connectivity index (χ1v) is 9.53. The summed E-state index contributed by atoms with van der Waals surface area (Å²) >= 11 is 0. The van der Waals surface area contributed by atoms with Gasteiger partial charge < -0.3 is 15.5 Å². The van der Waals surface area contributed by atoms with Crippen molar-refractivity contribution in [3.05, 3.63) is 35.6 Å². The zero-order valence-electron chi connectivity index (χ0n) is 16.7. The molecule has 0 amide bonds. The molecule has 0 aliphatic heterocycles. The number of rotatable bonds is 11.